The van der Waals surface area contributed by atoms with Crippen LogP contribution < -0.4 is 5.32 Å². The van der Waals surface area contributed by atoms with Crippen molar-refractivity contribution in [2.75, 3.05) is 26.2 Å². The van der Waals surface area contributed by atoms with Gasteiger partial charge in [-0.3, -0.25) is 9.69 Å². The van der Waals surface area contributed by atoms with Gasteiger partial charge in [-0.15, -0.1) is 0 Å². The Labute approximate surface area is 154 Å². The molecule has 0 bridgehead atoms. The van der Waals surface area contributed by atoms with Gasteiger partial charge in [0.05, 0.1) is 10.9 Å². The maximum Gasteiger partial charge on any atom is 0.243 e. The average molecular weight is 383 g/mol. The molecule has 1 N–H and O–H groups in total. The van der Waals surface area contributed by atoms with Gasteiger partial charge in [0.15, 0.2) is 0 Å². The van der Waals surface area contributed by atoms with E-state index in [2.05, 4.69) is 5.32 Å². The minimum atomic E-state index is -3.63. The van der Waals surface area contributed by atoms with Crippen molar-refractivity contribution in [2.24, 2.45) is 0 Å². The van der Waals surface area contributed by atoms with Crippen LogP contribution in [0.3, 0.4) is 0 Å². The van der Waals surface area contributed by atoms with Crippen LogP contribution in [0.1, 0.15) is 32.6 Å². The van der Waals surface area contributed by atoms with Gasteiger partial charge in [-0.25, -0.2) is 12.8 Å². The minimum absolute atomic E-state index is 0.0201. The number of sulfonamides is 1. The molecule has 3 rings (SSSR count). The fourth-order valence-electron chi connectivity index (χ4n) is 3.64. The maximum absolute atomic E-state index is 13.0. The number of hydrogen-bond acceptors (Lipinski definition) is 4. The number of halogens is 1. The Balaban J connectivity index is 1.56. The summed E-state index contributed by atoms with van der Waals surface area (Å²) < 4.78 is 39.7. The molecule has 0 unspecified atom stereocenters. The quantitative estimate of drug-likeness (QED) is 0.838. The molecule has 2 aliphatic rings. The molecule has 26 heavy (non-hydrogen) atoms. The largest absolute Gasteiger partial charge is 0.352 e. The first-order valence-electron chi connectivity index (χ1n) is 9.18. The van der Waals surface area contributed by atoms with Crippen LogP contribution in [0.5, 0.6) is 0 Å². The Kier molecular flexibility index (Phi) is 5.94. The Morgan fingerprint density at radius 2 is 1.69 bits per heavy atom. The summed E-state index contributed by atoms with van der Waals surface area (Å²) in [6.45, 7) is 3.51. The van der Waals surface area contributed by atoms with Gasteiger partial charge in [-0.1, -0.05) is 12.8 Å². The minimum Gasteiger partial charge on any atom is -0.352 e. The average Bonchev–Trinajstić information content (AvgIpc) is 3.14. The van der Waals surface area contributed by atoms with E-state index in [1.807, 2.05) is 11.8 Å². The van der Waals surface area contributed by atoms with Crippen molar-refractivity contribution < 1.29 is 17.6 Å². The normalized spacial score (nSPS) is 21.6. The second kappa shape index (κ2) is 8.02. The highest BCUT2D eigenvalue weighted by molar-refractivity contribution is 7.89. The van der Waals surface area contributed by atoms with Gasteiger partial charge in [0, 0.05) is 32.2 Å². The number of piperazine rings is 1. The lowest BCUT2D eigenvalue weighted by Gasteiger charge is -2.37. The fourth-order valence-corrected chi connectivity index (χ4v) is 5.07. The number of hydrogen-bond donors (Lipinski definition) is 1. The second-order valence-corrected chi connectivity index (χ2v) is 9.00. The molecule has 2 fully saturated rings. The summed E-state index contributed by atoms with van der Waals surface area (Å²) in [5, 5.41) is 3.10. The zero-order valence-corrected chi connectivity index (χ0v) is 15.8. The Morgan fingerprint density at radius 1 is 1.12 bits per heavy atom. The van der Waals surface area contributed by atoms with E-state index in [1.54, 1.807) is 0 Å². The molecule has 1 heterocycles. The Bertz CT molecular complexity index is 725. The predicted molar refractivity (Wildman–Crippen MR) is 96.6 cm³/mol. The van der Waals surface area contributed by atoms with Crippen molar-refractivity contribution in [1.29, 1.82) is 0 Å². The third-order valence-electron chi connectivity index (χ3n) is 5.35. The van der Waals surface area contributed by atoms with Gasteiger partial charge in [-0.2, -0.15) is 4.31 Å². The van der Waals surface area contributed by atoms with Crippen molar-refractivity contribution in [3.63, 3.8) is 0 Å². The van der Waals surface area contributed by atoms with Gasteiger partial charge in [0.2, 0.25) is 15.9 Å². The van der Waals surface area contributed by atoms with Crippen LogP contribution >= 0.6 is 0 Å². The summed E-state index contributed by atoms with van der Waals surface area (Å²) in [4.78, 5) is 14.5. The molecule has 144 valence electrons. The van der Waals surface area contributed by atoms with E-state index < -0.39 is 15.8 Å². The lowest BCUT2D eigenvalue weighted by atomic mass is 10.2. The van der Waals surface area contributed by atoms with Crippen LogP contribution in [-0.4, -0.2) is 61.8 Å². The molecule has 6 nitrogen and oxygen atoms in total. The van der Waals surface area contributed by atoms with Crippen molar-refractivity contribution >= 4 is 15.9 Å². The van der Waals surface area contributed by atoms with E-state index in [9.17, 15) is 17.6 Å². The molecular formula is C18H26FN3O3S. The SMILES string of the molecule is C[C@H](C(=O)NC1CCCC1)N1CCN(S(=O)(=O)c2ccc(F)cc2)CC1. The highest BCUT2D eigenvalue weighted by atomic mass is 32.2. The molecule has 1 atom stereocenters. The van der Waals surface area contributed by atoms with Crippen LogP contribution in [0.25, 0.3) is 0 Å². The number of carbonyl (C=O) groups excluding carboxylic acids is 1. The van der Waals surface area contributed by atoms with E-state index in [0.717, 1.165) is 25.0 Å². The molecule has 1 amide bonds. The summed E-state index contributed by atoms with van der Waals surface area (Å²) in [6.07, 6.45) is 4.42. The van der Waals surface area contributed by atoms with Crippen LogP contribution in [0.4, 0.5) is 4.39 Å². The number of nitrogens with zero attached hydrogens (tertiary/aromatic N) is 2. The van der Waals surface area contributed by atoms with E-state index in [-0.39, 0.29) is 22.9 Å². The fraction of sp³-hybridized carbons (Fsp3) is 0.611. The lowest BCUT2D eigenvalue weighted by Crippen LogP contribution is -2.55. The topological polar surface area (TPSA) is 69.7 Å². The number of carbonyl (C=O) groups is 1. The van der Waals surface area contributed by atoms with Crippen LogP contribution in [0.15, 0.2) is 29.2 Å². The van der Waals surface area contributed by atoms with E-state index in [0.29, 0.717) is 26.2 Å². The molecule has 1 aromatic rings. The predicted octanol–water partition coefficient (Wildman–Crippen LogP) is 1.58. The van der Waals surface area contributed by atoms with E-state index in [4.69, 9.17) is 0 Å². The summed E-state index contributed by atoms with van der Waals surface area (Å²) in [5.41, 5.74) is 0. The zero-order valence-electron chi connectivity index (χ0n) is 15.0. The van der Waals surface area contributed by atoms with Crippen LogP contribution in [-0.2, 0) is 14.8 Å². The molecule has 1 saturated heterocycles. The molecule has 1 aliphatic carbocycles. The molecule has 1 aliphatic heterocycles. The Hall–Kier alpha value is -1.51. The maximum atomic E-state index is 13.0. The van der Waals surface area contributed by atoms with Gasteiger partial charge in [0.1, 0.15) is 5.82 Å². The van der Waals surface area contributed by atoms with Crippen molar-refractivity contribution in [3.8, 4) is 0 Å². The number of rotatable bonds is 5. The number of amides is 1. The number of nitrogens with one attached hydrogen (secondary N) is 1. The first-order valence-corrected chi connectivity index (χ1v) is 10.6. The number of benzene rings is 1. The monoisotopic (exact) mass is 383 g/mol. The van der Waals surface area contributed by atoms with Gasteiger partial charge in [-0.05, 0) is 44.0 Å². The third kappa shape index (κ3) is 4.24. The van der Waals surface area contributed by atoms with Crippen molar-refractivity contribution in [3.05, 3.63) is 30.1 Å². The smallest absolute Gasteiger partial charge is 0.243 e. The molecule has 0 radical (unpaired) electrons. The lowest BCUT2D eigenvalue weighted by molar-refractivity contribution is -0.127. The summed E-state index contributed by atoms with van der Waals surface area (Å²) in [5.74, 6) is -0.442. The van der Waals surface area contributed by atoms with Gasteiger partial charge < -0.3 is 5.32 Å². The first kappa shape index (κ1) is 19.3. The van der Waals surface area contributed by atoms with Crippen LogP contribution in [0.2, 0.25) is 0 Å². The van der Waals surface area contributed by atoms with E-state index >= 15 is 0 Å². The van der Waals surface area contributed by atoms with Gasteiger partial charge in [0.25, 0.3) is 0 Å². The highest BCUT2D eigenvalue weighted by Crippen LogP contribution is 2.20. The Morgan fingerprint density at radius 3 is 2.27 bits per heavy atom. The standard InChI is InChI=1S/C18H26FN3O3S/c1-14(18(23)20-16-4-2-3-5-16)21-10-12-22(13-11-21)26(24,25)17-8-6-15(19)7-9-17/h6-9,14,16H,2-5,10-13H2,1H3,(H,20,23)/t14-/m1/s1. The molecular weight excluding hydrogens is 357 g/mol. The zero-order chi connectivity index (χ0) is 18.7. The first-order chi connectivity index (χ1) is 12.4. The molecule has 1 aromatic carbocycles. The molecule has 1 saturated carbocycles. The van der Waals surface area contributed by atoms with E-state index in [1.165, 1.54) is 29.3 Å². The summed E-state index contributed by atoms with van der Waals surface area (Å²) >= 11 is 0. The highest BCUT2D eigenvalue weighted by Gasteiger charge is 2.32. The van der Waals surface area contributed by atoms with Crippen molar-refractivity contribution in [2.45, 2.75) is 49.6 Å². The molecule has 0 aromatic heterocycles. The van der Waals surface area contributed by atoms with Crippen LogP contribution in [0, 0.1) is 5.82 Å². The van der Waals surface area contributed by atoms with Crippen molar-refractivity contribution in [1.82, 2.24) is 14.5 Å². The molecule has 0 spiro atoms. The third-order valence-corrected chi connectivity index (χ3v) is 7.27. The second-order valence-electron chi connectivity index (χ2n) is 7.06. The molecule has 8 heteroatoms. The van der Waals surface area contributed by atoms with Gasteiger partial charge >= 0.3 is 0 Å². The summed E-state index contributed by atoms with van der Waals surface area (Å²) in [7, 11) is -3.63. The summed E-state index contributed by atoms with van der Waals surface area (Å²) in [6, 6.07) is 4.89.